The second-order valence-electron chi connectivity index (χ2n) is 5.98. The van der Waals surface area contributed by atoms with Gasteiger partial charge in [-0.3, -0.25) is 0 Å². The van der Waals surface area contributed by atoms with E-state index in [4.69, 9.17) is 5.73 Å². The molecule has 0 saturated heterocycles. The Morgan fingerprint density at radius 2 is 1.80 bits per heavy atom. The molecule has 0 aromatic heterocycles. The molecule has 1 fully saturated rings. The molecule has 20 heavy (non-hydrogen) atoms. The summed E-state index contributed by atoms with van der Waals surface area (Å²) in [4.78, 5) is 0. The maximum Gasteiger partial charge on any atom is 0.392 e. The number of rotatable bonds is 2. The molecule has 0 radical (unpaired) electrons. The Hall–Kier alpha value is -1.03. The van der Waals surface area contributed by atoms with Crippen LogP contribution in [0.2, 0.25) is 0 Å². The third-order valence-electron chi connectivity index (χ3n) is 4.49. The summed E-state index contributed by atoms with van der Waals surface area (Å²) in [6.07, 6.45) is -1.86. The number of hydrogen-bond donors (Lipinski definition) is 1. The van der Waals surface area contributed by atoms with Crippen LogP contribution in [0.3, 0.4) is 0 Å². The lowest BCUT2D eigenvalue weighted by Gasteiger charge is -2.37. The molecule has 0 heterocycles. The second-order valence-corrected chi connectivity index (χ2v) is 5.98. The van der Waals surface area contributed by atoms with E-state index in [0.717, 1.165) is 23.1 Å². The second kappa shape index (κ2) is 5.76. The fourth-order valence-electron chi connectivity index (χ4n) is 3.43. The molecular weight excluding hydrogens is 263 g/mol. The van der Waals surface area contributed by atoms with Gasteiger partial charge >= 0.3 is 6.18 Å². The molecule has 3 atom stereocenters. The molecule has 1 saturated carbocycles. The van der Waals surface area contributed by atoms with Gasteiger partial charge in [0.1, 0.15) is 0 Å². The van der Waals surface area contributed by atoms with Crippen LogP contribution < -0.4 is 5.73 Å². The number of nitrogens with two attached hydrogens (primary N) is 1. The number of hydrogen-bond acceptors (Lipinski definition) is 1. The maximum atomic E-state index is 13.2. The molecule has 1 aromatic carbocycles. The van der Waals surface area contributed by atoms with E-state index in [2.05, 4.69) is 0 Å². The Labute approximate surface area is 118 Å². The van der Waals surface area contributed by atoms with Crippen molar-refractivity contribution < 1.29 is 13.2 Å². The highest BCUT2D eigenvalue weighted by Gasteiger charge is 2.47. The highest BCUT2D eigenvalue weighted by atomic mass is 19.4. The van der Waals surface area contributed by atoms with Crippen molar-refractivity contribution in [1.82, 2.24) is 0 Å². The van der Waals surface area contributed by atoms with Crippen molar-refractivity contribution >= 4 is 0 Å². The third-order valence-corrected chi connectivity index (χ3v) is 4.49. The van der Waals surface area contributed by atoms with Gasteiger partial charge in [0.25, 0.3) is 0 Å². The van der Waals surface area contributed by atoms with Gasteiger partial charge in [0.15, 0.2) is 0 Å². The lowest BCUT2D eigenvalue weighted by molar-refractivity contribution is -0.198. The predicted octanol–water partition coefficient (Wildman–Crippen LogP) is 4.67. The molecular formula is C16H22F3N. The topological polar surface area (TPSA) is 26.0 Å². The summed E-state index contributed by atoms with van der Waals surface area (Å²) >= 11 is 0. The van der Waals surface area contributed by atoms with Crippen LogP contribution in [0, 0.1) is 25.7 Å². The van der Waals surface area contributed by atoms with Gasteiger partial charge in [-0.25, -0.2) is 0 Å². The van der Waals surface area contributed by atoms with Crippen molar-refractivity contribution in [3.05, 3.63) is 34.9 Å². The first kappa shape index (κ1) is 15.4. The van der Waals surface area contributed by atoms with E-state index in [1.54, 1.807) is 0 Å². The van der Waals surface area contributed by atoms with E-state index in [1.807, 2.05) is 32.0 Å². The molecule has 1 aliphatic rings. The lowest BCUT2D eigenvalue weighted by atomic mass is 9.73. The van der Waals surface area contributed by atoms with Crippen LogP contribution in [0.15, 0.2) is 18.2 Å². The van der Waals surface area contributed by atoms with Crippen LogP contribution in [0.1, 0.15) is 48.4 Å². The van der Waals surface area contributed by atoms with E-state index in [1.165, 1.54) is 0 Å². The standard InChI is InChI=1S/C16H22F3N/c1-10-7-8-12(11(2)9-10)15(20)13-5-3-4-6-14(13)16(17,18)19/h7-9,13-15H,3-6,20H2,1-2H3. The Morgan fingerprint density at radius 3 is 2.40 bits per heavy atom. The zero-order valence-corrected chi connectivity index (χ0v) is 12.0. The van der Waals surface area contributed by atoms with Gasteiger partial charge in [-0.15, -0.1) is 0 Å². The van der Waals surface area contributed by atoms with Crippen molar-refractivity contribution in [2.24, 2.45) is 17.6 Å². The van der Waals surface area contributed by atoms with Crippen molar-refractivity contribution in [1.29, 1.82) is 0 Å². The SMILES string of the molecule is Cc1ccc(C(N)C2CCCCC2C(F)(F)F)c(C)c1. The van der Waals surface area contributed by atoms with E-state index in [-0.39, 0.29) is 6.42 Å². The van der Waals surface area contributed by atoms with E-state index in [0.29, 0.717) is 12.8 Å². The number of aryl methyl sites for hydroxylation is 2. The van der Waals surface area contributed by atoms with Gasteiger partial charge in [0.05, 0.1) is 5.92 Å². The van der Waals surface area contributed by atoms with Crippen LogP contribution in [0.5, 0.6) is 0 Å². The van der Waals surface area contributed by atoms with Crippen LogP contribution in [0.4, 0.5) is 13.2 Å². The smallest absolute Gasteiger partial charge is 0.324 e. The van der Waals surface area contributed by atoms with Gasteiger partial charge in [-0.1, -0.05) is 36.6 Å². The first-order chi connectivity index (χ1) is 9.30. The average molecular weight is 285 g/mol. The first-order valence-corrected chi connectivity index (χ1v) is 7.20. The summed E-state index contributed by atoms with van der Waals surface area (Å²) in [5, 5.41) is 0. The minimum Gasteiger partial charge on any atom is -0.324 e. The van der Waals surface area contributed by atoms with Crippen molar-refractivity contribution in [3.63, 3.8) is 0 Å². The summed E-state index contributed by atoms with van der Waals surface area (Å²) in [6.45, 7) is 3.90. The Bertz CT molecular complexity index is 467. The molecule has 0 spiro atoms. The van der Waals surface area contributed by atoms with Gasteiger partial charge in [-0.05, 0) is 43.7 Å². The number of benzene rings is 1. The average Bonchev–Trinajstić information content (AvgIpc) is 2.37. The van der Waals surface area contributed by atoms with Gasteiger partial charge < -0.3 is 5.73 Å². The van der Waals surface area contributed by atoms with Gasteiger partial charge in [-0.2, -0.15) is 13.2 Å². The lowest BCUT2D eigenvalue weighted by Crippen LogP contribution is -2.39. The Kier molecular flexibility index (Phi) is 4.43. The number of alkyl halides is 3. The molecule has 1 aromatic rings. The van der Waals surface area contributed by atoms with Crippen LogP contribution in [-0.4, -0.2) is 6.18 Å². The maximum absolute atomic E-state index is 13.2. The quantitative estimate of drug-likeness (QED) is 0.839. The first-order valence-electron chi connectivity index (χ1n) is 7.20. The van der Waals surface area contributed by atoms with Crippen LogP contribution >= 0.6 is 0 Å². The summed E-state index contributed by atoms with van der Waals surface area (Å²) in [5.74, 6) is -1.75. The van der Waals surface area contributed by atoms with Crippen molar-refractivity contribution in [3.8, 4) is 0 Å². The highest BCUT2D eigenvalue weighted by Crippen LogP contribution is 2.46. The summed E-state index contributed by atoms with van der Waals surface area (Å²) in [6, 6.07) is 5.27. The molecule has 4 heteroatoms. The molecule has 2 rings (SSSR count). The number of halogens is 3. The minimum absolute atomic E-state index is 0.215. The van der Waals surface area contributed by atoms with Gasteiger partial charge in [0, 0.05) is 6.04 Å². The fraction of sp³-hybridized carbons (Fsp3) is 0.625. The fourth-order valence-corrected chi connectivity index (χ4v) is 3.43. The zero-order valence-electron chi connectivity index (χ0n) is 12.0. The summed E-state index contributed by atoms with van der Waals surface area (Å²) in [5.41, 5.74) is 9.16. The molecule has 0 bridgehead atoms. The third kappa shape index (κ3) is 3.17. The van der Waals surface area contributed by atoms with Crippen LogP contribution in [-0.2, 0) is 0 Å². The molecule has 1 nitrogen and oxygen atoms in total. The van der Waals surface area contributed by atoms with E-state index in [9.17, 15) is 13.2 Å². The Balaban J connectivity index is 2.27. The van der Waals surface area contributed by atoms with E-state index >= 15 is 0 Å². The molecule has 112 valence electrons. The molecule has 0 amide bonds. The summed E-state index contributed by atoms with van der Waals surface area (Å²) < 4.78 is 39.5. The Morgan fingerprint density at radius 1 is 1.15 bits per heavy atom. The van der Waals surface area contributed by atoms with E-state index < -0.39 is 24.1 Å². The normalized spacial score (nSPS) is 25.5. The molecule has 3 unspecified atom stereocenters. The van der Waals surface area contributed by atoms with Crippen molar-refractivity contribution in [2.75, 3.05) is 0 Å². The monoisotopic (exact) mass is 285 g/mol. The van der Waals surface area contributed by atoms with Crippen LogP contribution in [0.25, 0.3) is 0 Å². The largest absolute Gasteiger partial charge is 0.392 e. The van der Waals surface area contributed by atoms with Gasteiger partial charge in [0.2, 0.25) is 0 Å². The molecule has 2 N–H and O–H groups in total. The van der Waals surface area contributed by atoms with Crippen molar-refractivity contribution in [2.45, 2.75) is 51.7 Å². The zero-order chi connectivity index (χ0) is 14.9. The minimum atomic E-state index is -4.14. The highest BCUT2D eigenvalue weighted by molar-refractivity contribution is 5.33. The summed E-state index contributed by atoms with van der Waals surface area (Å²) in [7, 11) is 0. The molecule has 0 aliphatic heterocycles. The predicted molar refractivity (Wildman–Crippen MR) is 74.3 cm³/mol. The molecule has 1 aliphatic carbocycles.